The molecule has 53 heavy (non-hydrogen) atoms. The number of hydrogen-bond acceptors (Lipinski definition) is 7. The Kier molecular flexibility index (Phi) is 12.1. The highest BCUT2D eigenvalue weighted by atomic mass is 16.2. The van der Waals surface area contributed by atoms with E-state index >= 15 is 0 Å². The quantitative estimate of drug-likeness (QED) is 0.130. The largest absolute Gasteiger partial charge is 0.333 e. The monoisotopic (exact) mass is 730 g/mol. The standard InChI is InChI=1S/C42H58N4O7/c1-8-9-20-31(47)35(49)27(21-25-14-12-15-25)22-32(48)34-28-19-13-16-26(28)23-45(34)39(52)36(42(5,6)7)44-40(53)43-33(41(2,3)4)24-46-37(50)29-17-10-11-18-30(29)38(46)51/h8,10-11,17-18,25-28,33-34,36H,1,9,12-16,19-24H2,2-7H3,(H2,43,44,53)/t26-,27?,28-,33+,34-,36+/m0/s1. The molecular weight excluding hydrogens is 672 g/mol. The van der Waals surface area contributed by atoms with E-state index in [-0.39, 0.29) is 42.9 Å². The number of carbonyl (C=O) groups is 7. The minimum Gasteiger partial charge on any atom is -0.333 e. The summed E-state index contributed by atoms with van der Waals surface area (Å²) in [6.07, 6.45) is 8.18. The summed E-state index contributed by atoms with van der Waals surface area (Å²) < 4.78 is 0. The van der Waals surface area contributed by atoms with Gasteiger partial charge in [0.1, 0.15) is 6.04 Å². The number of amides is 5. The van der Waals surface area contributed by atoms with Gasteiger partial charge in [0.25, 0.3) is 11.8 Å². The van der Waals surface area contributed by atoms with Gasteiger partial charge in [-0.15, -0.1) is 6.58 Å². The lowest BCUT2D eigenvalue weighted by Crippen LogP contribution is -2.61. The Bertz CT molecular complexity index is 1600. The molecule has 2 saturated carbocycles. The highest BCUT2D eigenvalue weighted by Gasteiger charge is 2.52. The highest BCUT2D eigenvalue weighted by molar-refractivity contribution is 6.38. The normalized spacial score (nSPS) is 23.1. The molecule has 5 rings (SSSR count). The summed E-state index contributed by atoms with van der Waals surface area (Å²) in [4.78, 5) is 98.2. The predicted octanol–water partition coefficient (Wildman–Crippen LogP) is 5.91. The summed E-state index contributed by atoms with van der Waals surface area (Å²) in [5, 5.41) is 5.87. The Hall–Kier alpha value is -4.15. The van der Waals surface area contributed by atoms with Crippen LogP contribution in [-0.2, 0) is 19.2 Å². The number of hydrogen-bond donors (Lipinski definition) is 2. The topological polar surface area (TPSA) is 150 Å². The van der Waals surface area contributed by atoms with Crippen LogP contribution < -0.4 is 10.6 Å². The number of carbonyl (C=O) groups excluding carboxylic acids is 7. The van der Waals surface area contributed by atoms with Gasteiger partial charge in [-0.1, -0.05) is 85.4 Å². The van der Waals surface area contributed by atoms with E-state index in [1.807, 2.05) is 41.5 Å². The molecule has 4 aliphatic rings. The van der Waals surface area contributed by atoms with Gasteiger partial charge in [0.2, 0.25) is 11.7 Å². The predicted molar refractivity (Wildman–Crippen MR) is 201 cm³/mol. The van der Waals surface area contributed by atoms with Crippen LogP contribution in [0.1, 0.15) is 126 Å². The van der Waals surface area contributed by atoms with Crippen molar-refractivity contribution in [2.24, 2.45) is 34.5 Å². The van der Waals surface area contributed by atoms with Crippen molar-refractivity contribution in [2.75, 3.05) is 13.1 Å². The summed E-state index contributed by atoms with van der Waals surface area (Å²) in [5.41, 5.74) is -0.672. The number of fused-ring (bicyclic) bond motifs is 2. The van der Waals surface area contributed by atoms with Crippen LogP contribution in [0, 0.1) is 34.5 Å². The van der Waals surface area contributed by atoms with Crippen molar-refractivity contribution in [2.45, 2.75) is 124 Å². The fourth-order valence-electron chi connectivity index (χ4n) is 8.58. The lowest BCUT2D eigenvalue weighted by Gasteiger charge is -2.38. The van der Waals surface area contributed by atoms with E-state index in [1.165, 1.54) is 0 Å². The molecule has 6 atom stereocenters. The number of ketones is 3. The highest BCUT2D eigenvalue weighted by Crippen LogP contribution is 2.44. The zero-order valence-electron chi connectivity index (χ0n) is 32.4. The number of allylic oxidation sites excluding steroid dienone is 1. The summed E-state index contributed by atoms with van der Waals surface area (Å²) in [7, 11) is 0. The first-order chi connectivity index (χ1) is 24.9. The molecule has 2 aliphatic carbocycles. The summed E-state index contributed by atoms with van der Waals surface area (Å²) in [6, 6.07) is 3.61. The summed E-state index contributed by atoms with van der Waals surface area (Å²) in [5.74, 6) is -2.65. The first-order valence-electron chi connectivity index (χ1n) is 19.5. The molecule has 0 radical (unpaired) electrons. The van der Waals surface area contributed by atoms with Gasteiger partial charge < -0.3 is 15.5 Å². The van der Waals surface area contributed by atoms with Crippen molar-refractivity contribution in [3.63, 3.8) is 0 Å². The first kappa shape index (κ1) is 40.0. The number of nitrogens with one attached hydrogen (secondary N) is 2. The fraction of sp³-hybridized carbons (Fsp3) is 0.643. The maximum atomic E-state index is 14.6. The van der Waals surface area contributed by atoms with Crippen LogP contribution in [0.4, 0.5) is 4.79 Å². The number of benzene rings is 1. The van der Waals surface area contributed by atoms with E-state index in [1.54, 1.807) is 35.2 Å². The Labute approximate surface area is 314 Å². The molecule has 1 saturated heterocycles. The van der Waals surface area contributed by atoms with Crippen molar-refractivity contribution in [3.8, 4) is 0 Å². The second kappa shape index (κ2) is 16.1. The number of Topliss-reactive ketones (excluding diaryl/α,β-unsaturated/α-hetero) is 3. The zero-order chi connectivity index (χ0) is 38.8. The van der Waals surface area contributed by atoms with Crippen LogP contribution >= 0.6 is 0 Å². The van der Waals surface area contributed by atoms with Gasteiger partial charge in [-0.25, -0.2) is 4.79 Å². The van der Waals surface area contributed by atoms with Crippen LogP contribution in [0.2, 0.25) is 0 Å². The summed E-state index contributed by atoms with van der Waals surface area (Å²) >= 11 is 0. The number of urea groups is 1. The SMILES string of the molecule is C=CCCC(=O)C(=O)C(CC(=O)[C@@H]1[C@H]2CCC[C@H]2CN1C(=O)[C@@H](NC(=O)N[C@H](CN1C(=O)c2ccccc2C1=O)C(C)(C)C)C(C)(C)C)CC1CCC1. The van der Waals surface area contributed by atoms with E-state index in [9.17, 15) is 33.6 Å². The molecule has 2 aliphatic heterocycles. The van der Waals surface area contributed by atoms with Crippen molar-refractivity contribution < 1.29 is 33.6 Å². The fourth-order valence-corrected chi connectivity index (χ4v) is 8.58. The molecule has 2 N–H and O–H groups in total. The smallest absolute Gasteiger partial charge is 0.315 e. The molecule has 11 nitrogen and oxygen atoms in total. The van der Waals surface area contributed by atoms with E-state index in [2.05, 4.69) is 17.2 Å². The minimum absolute atomic E-state index is 0.0400. The lowest BCUT2D eigenvalue weighted by molar-refractivity contribution is -0.144. The molecule has 2 heterocycles. The molecule has 5 amide bonds. The van der Waals surface area contributed by atoms with Gasteiger partial charge in [-0.2, -0.15) is 0 Å². The van der Waals surface area contributed by atoms with Crippen LogP contribution in [0.5, 0.6) is 0 Å². The first-order valence-corrected chi connectivity index (χ1v) is 19.5. The molecule has 0 spiro atoms. The van der Waals surface area contributed by atoms with Crippen molar-refractivity contribution >= 4 is 41.1 Å². The van der Waals surface area contributed by atoms with Gasteiger partial charge in [0.05, 0.1) is 29.8 Å². The molecule has 0 bridgehead atoms. The van der Waals surface area contributed by atoms with Crippen molar-refractivity contribution in [1.29, 1.82) is 0 Å². The Morgan fingerprint density at radius 2 is 1.51 bits per heavy atom. The molecular formula is C42H58N4O7. The zero-order valence-corrected chi connectivity index (χ0v) is 32.4. The third kappa shape index (κ3) is 8.81. The molecule has 1 unspecified atom stereocenters. The maximum Gasteiger partial charge on any atom is 0.315 e. The van der Waals surface area contributed by atoms with Gasteiger partial charge in [0.15, 0.2) is 11.6 Å². The number of imide groups is 1. The molecule has 11 heteroatoms. The summed E-state index contributed by atoms with van der Waals surface area (Å²) in [6.45, 7) is 15.3. The van der Waals surface area contributed by atoms with Gasteiger partial charge in [0, 0.05) is 25.3 Å². The molecule has 1 aromatic carbocycles. The molecule has 1 aromatic rings. The van der Waals surface area contributed by atoms with Crippen LogP contribution in [0.15, 0.2) is 36.9 Å². The third-order valence-corrected chi connectivity index (χ3v) is 12.0. The average Bonchev–Trinajstić information content (AvgIpc) is 3.74. The maximum absolute atomic E-state index is 14.6. The minimum atomic E-state index is -1.01. The second-order valence-corrected chi connectivity index (χ2v) is 17.9. The third-order valence-electron chi connectivity index (χ3n) is 12.0. The second-order valence-electron chi connectivity index (χ2n) is 17.9. The van der Waals surface area contributed by atoms with E-state index < -0.39 is 64.3 Å². The molecule has 3 fully saturated rings. The van der Waals surface area contributed by atoms with Gasteiger partial charge in [-0.3, -0.25) is 33.7 Å². The lowest BCUT2D eigenvalue weighted by atomic mass is 9.75. The number of likely N-dealkylation sites (tertiary alicyclic amines) is 1. The average molecular weight is 731 g/mol. The van der Waals surface area contributed by atoms with E-state index in [4.69, 9.17) is 0 Å². The molecule has 288 valence electrons. The number of nitrogens with zero attached hydrogens (tertiary/aromatic N) is 2. The Morgan fingerprint density at radius 1 is 0.887 bits per heavy atom. The van der Waals surface area contributed by atoms with Crippen LogP contribution in [0.3, 0.4) is 0 Å². The van der Waals surface area contributed by atoms with Gasteiger partial charge >= 0.3 is 6.03 Å². The van der Waals surface area contributed by atoms with Gasteiger partial charge in [-0.05, 0) is 66.4 Å². The Balaban J connectivity index is 1.33. The molecule has 0 aromatic heterocycles. The number of rotatable bonds is 15. The Morgan fingerprint density at radius 3 is 2.06 bits per heavy atom. The van der Waals surface area contributed by atoms with E-state index in [0.717, 1.165) is 43.4 Å². The van der Waals surface area contributed by atoms with Crippen molar-refractivity contribution in [1.82, 2.24) is 20.4 Å². The van der Waals surface area contributed by atoms with Crippen LogP contribution in [0.25, 0.3) is 0 Å². The van der Waals surface area contributed by atoms with Crippen molar-refractivity contribution in [3.05, 3.63) is 48.0 Å². The van der Waals surface area contributed by atoms with Crippen LogP contribution in [-0.4, -0.2) is 82.1 Å². The van der Waals surface area contributed by atoms with E-state index in [0.29, 0.717) is 36.4 Å².